The molecule has 1 aromatic heterocycles. The largest absolute Gasteiger partial charge is 0.375 e. The third-order valence-corrected chi connectivity index (χ3v) is 7.18. The topological polar surface area (TPSA) is 65.5 Å². The first-order valence-corrected chi connectivity index (χ1v) is 12.4. The van der Waals surface area contributed by atoms with Crippen molar-refractivity contribution < 1.29 is 9.59 Å². The highest BCUT2D eigenvalue weighted by Crippen LogP contribution is 2.34. The predicted octanol–water partition coefficient (Wildman–Crippen LogP) is 4.78. The molecule has 6 nitrogen and oxygen atoms in total. The minimum absolute atomic E-state index is 0.0220. The van der Waals surface area contributed by atoms with Crippen LogP contribution in [0.1, 0.15) is 64.9 Å². The van der Waals surface area contributed by atoms with Gasteiger partial charge >= 0.3 is 0 Å². The summed E-state index contributed by atoms with van der Waals surface area (Å²) in [6.07, 6.45) is 6.46. The van der Waals surface area contributed by atoms with Crippen molar-refractivity contribution in [1.29, 1.82) is 0 Å². The van der Waals surface area contributed by atoms with E-state index in [9.17, 15) is 9.59 Å². The Morgan fingerprint density at radius 2 is 1.79 bits per heavy atom. The molecular formula is C28H32N4O2. The maximum Gasteiger partial charge on any atom is 0.273 e. The number of rotatable bonds is 7. The number of fused-ring (bicyclic) bond motifs is 2. The molecule has 1 aliphatic heterocycles. The van der Waals surface area contributed by atoms with Crippen LogP contribution in [-0.2, 0) is 6.54 Å². The highest BCUT2D eigenvalue weighted by Gasteiger charge is 2.37. The third kappa shape index (κ3) is 4.37. The molecule has 34 heavy (non-hydrogen) atoms. The van der Waals surface area contributed by atoms with Crippen LogP contribution in [0.5, 0.6) is 0 Å². The van der Waals surface area contributed by atoms with Gasteiger partial charge in [-0.2, -0.15) is 0 Å². The van der Waals surface area contributed by atoms with E-state index in [4.69, 9.17) is 4.98 Å². The number of amides is 2. The van der Waals surface area contributed by atoms with E-state index in [0.29, 0.717) is 29.9 Å². The lowest BCUT2D eigenvalue weighted by atomic mass is 9.94. The zero-order valence-corrected chi connectivity index (χ0v) is 19.8. The summed E-state index contributed by atoms with van der Waals surface area (Å²) in [6.45, 7) is 1.89. The Morgan fingerprint density at radius 1 is 1.06 bits per heavy atom. The molecule has 3 aromatic rings. The van der Waals surface area contributed by atoms with E-state index in [1.807, 2.05) is 47.4 Å². The van der Waals surface area contributed by atoms with Crippen LogP contribution in [0.15, 0.2) is 54.6 Å². The zero-order chi connectivity index (χ0) is 23.5. The molecule has 1 saturated carbocycles. The predicted molar refractivity (Wildman–Crippen MR) is 135 cm³/mol. The first-order valence-electron chi connectivity index (χ1n) is 12.4. The number of aromatic nitrogens is 1. The minimum atomic E-state index is -0.115. The normalized spacial score (nSPS) is 16.0. The summed E-state index contributed by atoms with van der Waals surface area (Å²) in [5.41, 5.74) is 3.72. The second kappa shape index (κ2) is 9.84. The van der Waals surface area contributed by atoms with Crippen molar-refractivity contribution in [2.24, 2.45) is 0 Å². The summed E-state index contributed by atoms with van der Waals surface area (Å²) >= 11 is 0. The lowest BCUT2D eigenvalue weighted by molar-refractivity contribution is 0.0655. The molecule has 176 valence electrons. The first kappa shape index (κ1) is 22.4. The first-order chi connectivity index (χ1) is 16.6. The van der Waals surface area contributed by atoms with Crippen molar-refractivity contribution in [3.63, 3.8) is 0 Å². The molecule has 2 amide bonds. The van der Waals surface area contributed by atoms with Gasteiger partial charge in [0.05, 0.1) is 11.1 Å². The second-order valence-corrected chi connectivity index (χ2v) is 9.42. The number of nitrogens with one attached hydrogen (secondary N) is 1. The molecule has 0 unspecified atom stereocenters. The summed E-state index contributed by atoms with van der Waals surface area (Å²) < 4.78 is 0. The molecule has 1 aliphatic carbocycles. The van der Waals surface area contributed by atoms with Crippen molar-refractivity contribution in [1.82, 2.24) is 15.2 Å². The minimum Gasteiger partial charge on any atom is -0.375 e. The molecule has 0 saturated heterocycles. The number of benzene rings is 2. The number of pyridine rings is 1. The number of carbonyl (C=O) groups excluding carboxylic acids is 2. The van der Waals surface area contributed by atoms with Crippen LogP contribution in [0, 0.1) is 0 Å². The van der Waals surface area contributed by atoms with Crippen LogP contribution in [-0.4, -0.2) is 47.9 Å². The molecule has 0 atom stereocenters. The maximum absolute atomic E-state index is 13.4. The van der Waals surface area contributed by atoms with Gasteiger partial charge in [-0.3, -0.25) is 9.59 Å². The Hall–Kier alpha value is -3.41. The Morgan fingerprint density at radius 3 is 2.59 bits per heavy atom. The molecule has 2 heterocycles. The van der Waals surface area contributed by atoms with Crippen LogP contribution < -0.4 is 10.2 Å². The van der Waals surface area contributed by atoms with Gasteiger partial charge in [-0.25, -0.2) is 4.98 Å². The third-order valence-electron chi connectivity index (χ3n) is 7.18. The van der Waals surface area contributed by atoms with Crippen LogP contribution >= 0.6 is 0 Å². The monoisotopic (exact) mass is 456 g/mol. The molecule has 2 aromatic carbocycles. The number of hydrogen-bond donors (Lipinski definition) is 1. The number of anilines is 1. The van der Waals surface area contributed by atoms with Gasteiger partial charge in [-0.15, -0.1) is 0 Å². The molecule has 0 bridgehead atoms. The van der Waals surface area contributed by atoms with Gasteiger partial charge in [0.1, 0.15) is 5.69 Å². The molecule has 5 rings (SSSR count). The number of para-hydroxylation sites is 2. The van der Waals surface area contributed by atoms with E-state index in [1.54, 1.807) is 0 Å². The van der Waals surface area contributed by atoms with E-state index in [0.717, 1.165) is 55.3 Å². The van der Waals surface area contributed by atoms with Crippen molar-refractivity contribution in [2.75, 3.05) is 25.0 Å². The summed E-state index contributed by atoms with van der Waals surface area (Å²) in [5, 5.41) is 3.93. The van der Waals surface area contributed by atoms with Crippen LogP contribution in [0.3, 0.4) is 0 Å². The van der Waals surface area contributed by atoms with Crippen molar-refractivity contribution in [3.05, 3.63) is 71.4 Å². The van der Waals surface area contributed by atoms with Crippen LogP contribution in [0.2, 0.25) is 0 Å². The maximum atomic E-state index is 13.4. The highest BCUT2D eigenvalue weighted by atomic mass is 16.2. The lowest BCUT2D eigenvalue weighted by Gasteiger charge is -2.30. The zero-order valence-electron chi connectivity index (χ0n) is 19.8. The van der Waals surface area contributed by atoms with Crippen molar-refractivity contribution in [2.45, 2.75) is 51.1 Å². The second-order valence-electron chi connectivity index (χ2n) is 9.42. The fourth-order valence-electron chi connectivity index (χ4n) is 5.33. The van der Waals surface area contributed by atoms with Gasteiger partial charge < -0.3 is 15.1 Å². The Bertz CT molecular complexity index is 1190. The average molecular weight is 457 g/mol. The smallest absolute Gasteiger partial charge is 0.273 e. The van der Waals surface area contributed by atoms with Crippen LogP contribution in [0.4, 0.5) is 5.69 Å². The molecule has 6 heteroatoms. The van der Waals surface area contributed by atoms with Gasteiger partial charge in [0.2, 0.25) is 0 Å². The van der Waals surface area contributed by atoms with Gasteiger partial charge in [-0.05, 0) is 37.5 Å². The summed E-state index contributed by atoms with van der Waals surface area (Å²) in [6, 6.07) is 18.1. The average Bonchev–Trinajstić information content (AvgIpc) is 3.21. The fourth-order valence-corrected chi connectivity index (χ4v) is 5.33. The molecule has 2 aliphatic rings. The molecular weight excluding hydrogens is 424 g/mol. The summed E-state index contributed by atoms with van der Waals surface area (Å²) in [7, 11) is 2.06. The quantitative estimate of drug-likeness (QED) is 0.520. The van der Waals surface area contributed by atoms with Gasteiger partial charge in [0.15, 0.2) is 0 Å². The Balaban J connectivity index is 1.34. The lowest BCUT2D eigenvalue weighted by Crippen LogP contribution is -2.37. The number of carbonyl (C=O) groups is 2. The molecule has 0 radical (unpaired) electrons. The number of nitrogens with zero attached hydrogens (tertiary/aromatic N) is 3. The van der Waals surface area contributed by atoms with E-state index in [1.165, 1.54) is 6.42 Å². The van der Waals surface area contributed by atoms with Gasteiger partial charge in [0.25, 0.3) is 11.8 Å². The standard InChI is InChI=1S/C28H32N4O2/c1-31(20-11-4-2-5-12-20)18-10-17-29-27(33)25-22-15-8-9-16-24(22)30-26-23(25)19-32(28(26)34)21-13-6-3-7-14-21/h2,4-5,8-9,11-12,15-16,21H,3,6-7,10,13-14,17-19H2,1H3,(H,29,33). The molecule has 1 N–H and O–H groups in total. The van der Waals surface area contributed by atoms with Crippen molar-refractivity contribution in [3.8, 4) is 0 Å². The van der Waals surface area contributed by atoms with E-state index in [-0.39, 0.29) is 17.9 Å². The summed E-state index contributed by atoms with van der Waals surface area (Å²) in [4.78, 5) is 35.6. The molecule has 0 spiro atoms. The van der Waals surface area contributed by atoms with Crippen molar-refractivity contribution >= 4 is 28.4 Å². The number of hydrogen-bond acceptors (Lipinski definition) is 4. The van der Waals surface area contributed by atoms with E-state index >= 15 is 0 Å². The highest BCUT2D eigenvalue weighted by molar-refractivity contribution is 6.11. The Kier molecular flexibility index (Phi) is 6.48. The molecule has 1 fully saturated rings. The summed E-state index contributed by atoms with van der Waals surface area (Å²) in [5.74, 6) is -0.137. The van der Waals surface area contributed by atoms with Crippen LogP contribution in [0.25, 0.3) is 10.9 Å². The van der Waals surface area contributed by atoms with E-state index < -0.39 is 0 Å². The van der Waals surface area contributed by atoms with Gasteiger partial charge in [-0.1, -0.05) is 55.7 Å². The van der Waals surface area contributed by atoms with Gasteiger partial charge in [0, 0.05) is 49.4 Å². The fraction of sp³-hybridized carbons (Fsp3) is 0.393. The Labute approximate surface area is 201 Å². The SMILES string of the molecule is CN(CCCNC(=O)c1c2c(nc3ccccc13)C(=O)N(C1CCCCC1)C2)c1ccccc1. The van der Waals surface area contributed by atoms with E-state index in [2.05, 4.69) is 29.4 Å².